The normalized spacial score (nSPS) is 15.4. The van der Waals surface area contributed by atoms with Crippen molar-refractivity contribution in [3.8, 4) is 11.3 Å². The SMILES string of the molecule is N=C/C=C(\N)c1nccc2c(-c3ccc[nH]3)cc(N3CCOCC3)nc12. The number of H-pyrrole nitrogens is 1. The van der Waals surface area contributed by atoms with Gasteiger partial charge in [0.2, 0.25) is 0 Å². The summed E-state index contributed by atoms with van der Waals surface area (Å²) in [5, 5.41) is 8.26. The molecule has 0 bridgehead atoms. The van der Waals surface area contributed by atoms with Crippen LogP contribution in [-0.4, -0.2) is 47.5 Å². The maximum absolute atomic E-state index is 7.29. The van der Waals surface area contributed by atoms with Crippen molar-refractivity contribution in [1.29, 1.82) is 5.41 Å². The van der Waals surface area contributed by atoms with E-state index in [0.29, 0.717) is 24.6 Å². The number of fused-ring (bicyclic) bond motifs is 1. The molecule has 132 valence electrons. The van der Waals surface area contributed by atoms with Crippen LogP contribution in [0.4, 0.5) is 5.82 Å². The minimum absolute atomic E-state index is 0.426. The Kier molecular flexibility index (Phi) is 4.37. The van der Waals surface area contributed by atoms with Gasteiger partial charge in [-0.05, 0) is 30.3 Å². The van der Waals surface area contributed by atoms with Gasteiger partial charge in [0.15, 0.2) is 0 Å². The summed E-state index contributed by atoms with van der Waals surface area (Å²) < 4.78 is 5.46. The molecule has 0 spiro atoms. The number of allylic oxidation sites excluding steroid dienone is 1. The van der Waals surface area contributed by atoms with Crippen LogP contribution in [0.5, 0.6) is 0 Å². The molecule has 1 aliphatic rings. The molecule has 1 fully saturated rings. The first-order chi connectivity index (χ1) is 12.8. The molecule has 0 amide bonds. The fourth-order valence-electron chi connectivity index (χ4n) is 3.19. The van der Waals surface area contributed by atoms with Crippen LogP contribution in [0.2, 0.25) is 0 Å². The molecule has 0 aliphatic carbocycles. The Balaban J connectivity index is 1.97. The Hall–Kier alpha value is -3.19. The van der Waals surface area contributed by atoms with E-state index in [2.05, 4.69) is 20.9 Å². The molecule has 0 unspecified atom stereocenters. The van der Waals surface area contributed by atoms with E-state index in [-0.39, 0.29) is 0 Å². The maximum atomic E-state index is 7.29. The van der Waals surface area contributed by atoms with Gasteiger partial charge in [0.1, 0.15) is 17.0 Å². The molecule has 7 heteroatoms. The number of nitrogens with one attached hydrogen (secondary N) is 2. The first-order valence-electron chi connectivity index (χ1n) is 8.51. The minimum atomic E-state index is 0.426. The summed E-state index contributed by atoms with van der Waals surface area (Å²) in [6.45, 7) is 2.97. The summed E-state index contributed by atoms with van der Waals surface area (Å²) >= 11 is 0. The summed E-state index contributed by atoms with van der Waals surface area (Å²) in [4.78, 5) is 14.8. The molecule has 4 N–H and O–H groups in total. The fourth-order valence-corrected chi connectivity index (χ4v) is 3.19. The predicted molar refractivity (Wildman–Crippen MR) is 103 cm³/mol. The summed E-state index contributed by atoms with van der Waals surface area (Å²) in [6, 6.07) is 8.05. The zero-order chi connectivity index (χ0) is 17.9. The molecule has 0 aromatic carbocycles. The lowest BCUT2D eigenvalue weighted by atomic mass is 10.0. The Morgan fingerprint density at radius 1 is 1.31 bits per heavy atom. The highest BCUT2D eigenvalue weighted by Gasteiger charge is 2.18. The molecule has 1 saturated heterocycles. The van der Waals surface area contributed by atoms with Crippen molar-refractivity contribution < 1.29 is 4.74 Å². The lowest BCUT2D eigenvalue weighted by molar-refractivity contribution is 0.122. The second-order valence-electron chi connectivity index (χ2n) is 6.06. The number of pyridine rings is 2. The van der Waals surface area contributed by atoms with E-state index in [0.717, 1.165) is 47.3 Å². The van der Waals surface area contributed by atoms with Crippen molar-refractivity contribution >= 4 is 28.6 Å². The van der Waals surface area contributed by atoms with Crippen LogP contribution in [-0.2, 0) is 4.74 Å². The van der Waals surface area contributed by atoms with Crippen LogP contribution in [0, 0.1) is 5.41 Å². The maximum Gasteiger partial charge on any atom is 0.130 e. The summed E-state index contributed by atoms with van der Waals surface area (Å²) in [7, 11) is 0. The fraction of sp³-hybridized carbons (Fsp3) is 0.211. The highest BCUT2D eigenvalue weighted by atomic mass is 16.5. The molecule has 3 aromatic heterocycles. The zero-order valence-electron chi connectivity index (χ0n) is 14.3. The van der Waals surface area contributed by atoms with E-state index < -0.39 is 0 Å². The van der Waals surface area contributed by atoms with Gasteiger partial charge in [0.05, 0.1) is 18.9 Å². The van der Waals surface area contributed by atoms with Gasteiger partial charge in [0.25, 0.3) is 0 Å². The second kappa shape index (κ2) is 6.97. The van der Waals surface area contributed by atoms with E-state index in [1.165, 1.54) is 6.08 Å². The lowest BCUT2D eigenvalue weighted by Gasteiger charge is -2.28. The molecule has 3 aromatic rings. The highest BCUT2D eigenvalue weighted by molar-refractivity contribution is 6.00. The summed E-state index contributed by atoms with van der Waals surface area (Å²) in [5.74, 6) is 0.877. The van der Waals surface area contributed by atoms with Crippen LogP contribution in [0.1, 0.15) is 5.69 Å². The van der Waals surface area contributed by atoms with Crippen molar-refractivity contribution in [2.24, 2.45) is 5.73 Å². The average molecular weight is 348 g/mol. The Labute approximate surface area is 151 Å². The number of aromatic amines is 1. The van der Waals surface area contributed by atoms with Crippen molar-refractivity contribution in [1.82, 2.24) is 15.0 Å². The van der Waals surface area contributed by atoms with Crippen LogP contribution in [0.3, 0.4) is 0 Å². The molecular weight excluding hydrogens is 328 g/mol. The van der Waals surface area contributed by atoms with Crippen LogP contribution in [0.25, 0.3) is 27.9 Å². The number of morpholine rings is 1. The zero-order valence-corrected chi connectivity index (χ0v) is 14.3. The topological polar surface area (TPSA) is 104 Å². The van der Waals surface area contributed by atoms with Crippen molar-refractivity contribution in [2.45, 2.75) is 0 Å². The number of anilines is 1. The number of rotatable bonds is 4. The van der Waals surface area contributed by atoms with Crippen molar-refractivity contribution in [2.75, 3.05) is 31.2 Å². The Morgan fingerprint density at radius 3 is 2.88 bits per heavy atom. The third-order valence-corrected chi connectivity index (χ3v) is 4.47. The first kappa shape index (κ1) is 16.3. The highest BCUT2D eigenvalue weighted by Crippen LogP contribution is 2.32. The lowest BCUT2D eigenvalue weighted by Crippen LogP contribution is -2.36. The molecule has 0 atom stereocenters. The molecule has 26 heavy (non-hydrogen) atoms. The van der Waals surface area contributed by atoms with Gasteiger partial charge >= 0.3 is 0 Å². The minimum Gasteiger partial charge on any atom is -0.397 e. The van der Waals surface area contributed by atoms with Gasteiger partial charge in [0, 0.05) is 48.3 Å². The average Bonchev–Trinajstić information content (AvgIpc) is 3.22. The molecular formula is C19H20N6O. The van der Waals surface area contributed by atoms with Crippen molar-refractivity contribution in [3.63, 3.8) is 0 Å². The first-order valence-corrected chi connectivity index (χ1v) is 8.51. The molecule has 0 radical (unpaired) electrons. The van der Waals surface area contributed by atoms with E-state index in [1.807, 2.05) is 24.4 Å². The van der Waals surface area contributed by atoms with Gasteiger partial charge < -0.3 is 25.8 Å². The number of nitrogens with two attached hydrogens (primary N) is 1. The summed E-state index contributed by atoms with van der Waals surface area (Å²) in [6.07, 6.45) is 6.32. The second-order valence-corrected chi connectivity index (χ2v) is 6.06. The third-order valence-electron chi connectivity index (χ3n) is 4.47. The van der Waals surface area contributed by atoms with Gasteiger partial charge in [-0.2, -0.15) is 0 Å². The van der Waals surface area contributed by atoms with Gasteiger partial charge in [-0.25, -0.2) is 4.98 Å². The summed E-state index contributed by atoms with van der Waals surface area (Å²) in [5.41, 5.74) is 9.95. The smallest absolute Gasteiger partial charge is 0.130 e. The van der Waals surface area contributed by atoms with Crippen LogP contribution < -0.4 is 10.6 Å². The van der Waals surface area contributed by atoms with Crippen LogP contribution in [0.15, 0.2) is 42.7 Å². The molecule has 4 rings (SSSR count). The number of aromatic nitrogens is 3. The van der Waals surface area contributed by atoms with Gasteiger partial charge in [-0.15, -0.1) is 0 Å². The predicted octanol–water partition coefficient (Wildman–Crippen LogP) is 2.41. The number of nitrogens with zero attached hydrogens (tertiary/aromatic N) is 3. The molecule has 7 nitrogen and oxygen atoms in total. The monoisotopic (exact) mass is 348 g/mol. The van der Waals surface area contributed by atoms with E-state index >= 15 is 0 Å². The van der Waals surface area contributed by atoms with E-state index in [9.17, 15) is 0 Å². The van der Waals surface area contributed by atoms with E-state index in [1.54, 1.807) is 6.20 Å². The molecule has 0 saturated carbocycles. The number of hydrogen-bond acceptors (Lipinski definition) is 6. The standard InChI is InChI=1S/C19H20N6O/c20-5-3-15(21)19-18-13(4-7-23-19)14(16-2-1-6-22-16)12-17(24-18)25-8-10-26-11-9-25/h1-7,12,20,22H,8-11,21H2/b15-3-,20-5?. The molecule has 4 heterocycles. The van der Waals surface area contributed by atoms with Gasteiger partial charge in [-0.1, -0.05) is 0 Å². The number of hydrogen-bond donors (Lipinski definition) is 3. The Bertz CT molecular complexity index is 958. The Morgan fingerprint density at radius 2 is 2.15 bits per heavy atom. The largest absolute Gasteiger partial charge is 0.397 e. The van der Waals surface area contributed by atoms with Crippen LogP contribution >= 0.6 is 0 Å². The van der Waals surface area contributed by atoms with Gasteiger partial charge in [-0.3, -0.25) is 4.98 Å². The van der Waals surface area contributed by atoms with E-state index in [4.69, 9.17) is 20.9 Å². The van der Waals surface area contributed by atoms with Crippen molar-refractivity contribution in [3.05, 3.63) is 48.4 Å². The third kappa shape index (κ3) is 2.93. The number of ether oxygens (including phenoxy) is 1. The quantitative estimate of drug-likeness (QED) is 0.628. The molecule has 1 aliphatic heterocycles.